The Balaban J connectivity index is 1.23. The van der Waals surface area contributed by atoms with Gasteiger partial charge in [-0.25, -0.2) is 0 Å². The van der Waals surface area contributed by atoms with E-state index in [1.807, 2.05) is 70.2 Å². The second-order valence-electron chi connectivity index (χ2n) is 17.4. The van der Waals surface area contributed by atoms with Crippen molar-refractivity contribution in [2.24, 2.45) is 23.3 Å². The lowest BCUT2D eigenvalue weighted by Gasteiger charge is -2.36. The normalized spacial score (nSPS) is 19.1. The molecule has 0 heterocycles. The topological polar surface area (TPSA) is 129 Å². The second kappa shape index (κ2) is 21.7. The molecule has 0 radical (unpaired) electrons. The van der Waals surface area contributed by atoms with Gasteiger partial charge in [0.15, 0.2) is 12.2 Å². The summed E-state index contributed by atoms with van der Waals surface area (Å²) in [5.41, 5.74) is 15.1. The SMILES string of the molecule is CC(CCC(C)(C)OC(C(=O)NC(C)c1cccc2ccccc12)[C@H](N)CC1CCCCC1)OC(C(=O)NCCc1ccccc1Cl)[C@H](N)CC1CCCCC1. The van der Waals surface area contributed by atoms with Gasteiger partial charge in [0.05, 0.1) is 17.7 Å². The van der Waals surface area contributed by atoms with E-state index in [1.54, 1.807) is 0 Å². The van der Waals surface area contributed by atoms with Gasteiger partial charge >= 0.3 is 0 Å². The Labute approximate surface area is 341 Å². The van der Waals surface area contributed by atoms with E-state index in [0.29, 0.717) is 42.7 Å². The fourth-order valence-electron chi connectivity index (χ4n) is 8.95. The third-order valence-electron chi connectivity index (χ3n) is 12.2. The molecule has 9 heteroatoms. The molecule has 0 aliphatic heterocycles. The Morgan fingerprint density at radius 3 is 2.04 bits per heavy atom. The average Bonchev–Trinajstić information content (AvgIpc) is 3.19. The number of amides is 2. The molecule has 2 aliphatic carbocycles. The molecule has 0 aromatic heterocycles. The lowest BCUT2D eigenvalue weighted by atomic mass is 9.83. The molecule has 0 saturated heterocycles. The minimum atomic E-state index is -0.818. The van der Waals surface area contributed by atoms with Gasteiger partial charge in [0.1, 0.15) is 0 Å². The number of carbonyl (C=O) groups is 2. The van der Waals surface area contributed by atoms with E-state index in [-0.39, 0.29) is 24.0 Å². The van der Waals surface area contributed by atoms with Crippen molar-refractivity contribution in [3.05, 3.63) is 82.9 Å². The van der Waals surface area contributed by atoms with Crippen molar-refractivity contribution in [3.8, 4) is 0 Å². The first-order valence-electron chi connectivity index (χ1n) is 21.5. The predicted octanol–water partition coefficient (Wildman–Crippen LogP) is 9.34. The molecule has 0 spiro atoms. The summed E-state index contributed by atoms with van der Waals surface area (Å²) in [6.07, 6.45) is 13.4. The molecule has 5 rings (SSSR count). The fraction of sp³-hybridized carbons (Fsp3) is 0.617. The van der Waals surface area contributed by atoms with Crippen molar-refractivity contribution in [3.63, 3.8) is 0 Å². The number of hydrogen-bond acceptors (Lipinski definition) is 6. The Morgan fingerprint density at radius 1 is 0.786 bits per heavy atom. The lowest BCUT2D eigenvalue weighted by Crippen LogP contribution is -2.52. The van der Waals surface area contributed by atoms with Gasteiger partial charge in [-0.15, -0.1) is 0 Å². The van der Waals surface area contributed by atoms with Crippen LogP contribution in [0.1, 0.15) is 135 Å². The Bertz CT molecular complexity index is 1670. The van der Waals surface area contributed by atoms with Gasteiger partial charge in [-0.3, -0.25) is 9.59 Å². The molecule has 6 N–H and O–H groups in total. The van der Waals surface area contributed by atoms with E-state index in [2.05, 4.69) is 34.9 Å². The maximum absolute atomic E-state index is 14.2. The van der Waals surface area contributed by atoms with Crippen molar-refractivity contribution in [1.82, 2.24) is 10.6 Å². The van der Waals surface area contributed by atoms with Gasteiger partial charge in [0, 0.05) is 23.7 Å². The molecule has 308 valence electrons. The monoisotopic (exact) mass is 789 g/mol. The highest BCUT2D eigenvalue weighted by atomic mass is 35.5. The summed E-state index contributed by atoms with van der Waals surface area (Å²) in [5, 5.41) is 9.31. The molecule has 6 atom stereocenters. The summed E-state index contributed by atoms with van der Waals surface area (Å²) in [6.45, 7) is 8.51. The second-order valence-corrected chi connectivity index (χ2v) is 17.8. The fourth-order valence-corrected chi connectivity index (χ4v) is 9.18. The van der Waals surface area contributed by atoms with Crippen LogP contribution < -0.4 is 22.1 Å². The molecule has 3 aromatic carbocycles. The van der Waals surface area contributed by atoms with Crippen LogP contribution in [0.5, 0.6) is 0 Å². The molecule has 0 bridgehead atoms. The number of halogens is 1. The highest BCUT2D eigenvalue weighted by Crippen LogP contribution is 2.32. The molecule has 4 unspecified atom stereocenters. The van der Waals surface area contributed by atoms with Crippen LogP contribution >= 0.6 is 11.6 Å². The van der Waals surface area contributed by atoms with Crippen LogP contribution in [0.15, 0.2) is 66.7 Å². The number of rotatable bonds is 20. The summed E-state index contributed by atoms with van der Waals surface area (Å²) in [5.74, 6) is 0.629. The highest BCUT2D eigenvalue weighted by molar-refractivity contribution is 6.31. The molecule has 2 fully saturated rings. The van der Waals surface area contributed by atoms with Crippen LogP contribution in [0.3, 0.4) is 0 Å². The molecular formula is C47H69ClN4O4. The van der Waals surface area contributed by atoms with E-state index in [4.69, 9.17) is 32.5 Å². The number of nitrogens with two attached hydrogens (primary N) is 2. The third-order valence-corrected chi connectivity index (χ3v) is 12.6. The van der Waals surface area contributed by atoms with Crippen molar-refractivity contribution < 1.29 is 19.1 Å². The van der Waals surface area contributed by atoms with Gasteiger partial charge in [-0.2, -0.15) is 0 Å². The van der Waals surface area contributed by atoms with E-state index >= 15 is 0 Å². The maximum Gasteiger partial charge on any atom is 0.251 e. The number of carbonyl (C=O) groups excluding carboxylic acids is 2. The van der Waals surface area contributed by atoms with Crippen molar-refractivity contribution in [1.29, 1.82) is 0 Å². The number of hydrogen-bond donors (Lipinski definition) is 4. The van der Waals surface area contributed by atoms with Gasteiger partial charge in [-0.05, 0) is 99.6 Å². The van der Waals surface area contributed by atoms with Crippen LogP contribution in [0.2, 0.25) is 5.02 Å². The quantitative estimate of drug-likeness (QED) is 0.0904. The average molecular weight is 790 g/mol. The van der Waals surface area contributed by atoms with Crippen molar-refractivity contribution >= 4 is 34.2 Å². The maximum atomic E-state index is 14.2. The van der Waals surface area contributed by atoms with Gasteiger partial charge in [-0.1, -0.05) is 136 Å². The van der Waals surface area contributed by atoms with E-state index in [0.717, 1.165) is 60.4 Å². The highest BCUT2D eigenvalue weighted by Gasteiger charge is 2.36. The third kappa shape index (κ3) is 13.3. The summed E-state index contributed by atoms with van der Waals surface area (Å²) in [7, 11) is 0. The molecule has 3 aromatic rings. The van der Waals surface area contributed by atoms with Crippen molar-refractivity contribution in [2.45, 2.75) is 166 Å². The molecule has 8 nitrogen and oxygen atoms in total. The molecule has 2 aliphatic rings. The van der Waals surface area contributed by atoms with Crippen LogP contribution in [0, 0.1) is 11.8 Å². The van der Waals surface area contributed by atoms with Crippen LogP contribution in [-0.2, 0) is 25.5 Å². The van der Waals surface area contributed by atoms with E-state index < -0.39 is 29.9 Å². The minimum absolute atomic E-state index is 0.187. The standard InChI is InChI=1S/C47H69ClN4O4/c1-32(55-43(41(49)30-34-16-7-5-8-17-34)45(53)51-29-27-37-21-12-14-25-40(37)48)26-28-47(3,4)56-44(42(50)31-35-18-9-6-10-19-35)46(54)52-33(2)38-24-15-22-36-20-11-13-23-39(36)38/h11-15,20-25,32-35,41-44H,5-10,16-19,26-31,49-50H2,1-4H3,(H,51,53)(H,52,54)/t32?,33?,41-,42-,43?,44?/m1/s1. The lowest BCUT2D eigenvalue weighted by molar-refractivity contribution is -0.151. The Kier molecular flexibility index (Phi) is 17.1. The summed E-state index contributed by atoms with van der Waals surface area (Å²) in [4.78, 5) is 27.9. The smallest absolute Gasteiger partial charge is 0.251 e. The largest absolute Gasteiger partial charge is 0.364 e. The summed E-state index contributed by atoms with van der Waals surface area (Å²) < 4.78 is 13.3. The van der Waals surface area contributed by atoms with E-state index in [9.17, 15) is 9.59 Å². The molecule has 2 amide bonds. The molecule has 56 heavy (non-hydrogen) atoms. The number of ether oxygens (including phenoxy) is 2. The first-order valence-corrected chi connectivity index (χ1v) is 21.9. The zero-order chi connectivity index (χ0) is 40.1. The summed E-state index contributed by atoms with van der Waals surface area (Å²) in [6, 6.07) is 21.1. The minimum Gasteiger partial charge on any atom is -0.364 e. The number of fused-ring (bicyclic) bond motifs is 1. The zero-order valence-electron chi connectivity index (χ0n) is 34.4. The molecular weight excluding hydrogens is 720 g/mol. The van der Waals surface area contributed by atoms with Gasteiger partial charge in [0.25, 0.3) is 11.8 Å². The van der Waals surface area contributed by atoms with Gasteiger partial charge < -0.3 is 31.6 Å². The predicted molar refractivity (Wildman–Crippen MR) is 230 cm³/mol. The van der Waals surface area contributed by atoms with E-state index in [1.165, 1.54) is 38.5 Å². The first kappa shape index (κ1) is 44.1. The number of benzene rings is 3. The van der Waals surface area contributed by atoms with Gasteiger partial charge in [0.2, 0.25) is 0 Å². The van der Waals surface area contributed by atoms with Crippen molar-refractivity contribution in [2.75, 3.05) is 6.54 Å². The number of nitrogens with one attached hydrogen (secondary N) is 2. The Morgan fingerprint density at radius 2 is 1.38 bits per heavy atom. The Hall–Kier alpha value is -3.01. The van der Waals surface area contributed by atoms with Crippen LogP contribution in [0.4, 0.5) is 0 Å². The summed E-state index contributed by atoms with van der Waals surface area (Å²) >= 11 is 6.38. The first-order chi connectivity index (χ1) is 26.9. The van der Waals surface area contributed by atoms with Crippen LogP contribution in [0.25, 0.3) is 10.8 Å². The zero-order valence-corrected chi connectivity index (χ0v) is 35.2. The van der Waals surface area contributed by atoms with Crippen LogP contribution in [-0.4, -0.2) is 54.4 Å². The molecule has 2 saturated carbocycles.